The number of nitrogens with one attached hydrogen (secondary N) is 2. The van der Waals surface area contributed by atoms with E-state index in [1.54, 1.807) is 11.7 Å². The van der Waals surface area contributed by atoms with Crippen molar-refractivity contribution in [2.45, 2.75) is 49.8 Å². The lowest BCUT2D eigenvalue weighted by Crippen LogP contribution is -2.37. The standard InChI is InChI=1S/C21H26N4O3S/c1-28-12-11-25-20(27)19-18(15-9-5-6-10-16(15)23-19)24-21(25)29-13-17(26)22-14-7-3-2-4-8-14/h5-6,9-10,14,23H,2-4,7-8,11-13H2,1H3,(H,22,26). The highest BCUT2D eigenvalue weighted by Gasteiger charge is 2.19. The largest absolute Gasteiger partial charge is 0.383 e. The zero-order chi connectivity index (χ0) is 20.2. The van der Waals surface area contributed by atoms with E-state index in [1.807, 2.05) is 24.3 Å². The number of rotatable bonds is 7. The van der Waals surface area contributed by atoms with Crippen molar-refractivity contribution in [1.82, 2.24) is 19.9 Å². The fourth-order valence-corrected chi connectivity index (χ4v) is 4.74. The Balaban J connectivity index is 1.61. The number of hydrogen-bond acceptors (Lipinski definition) is 5. The number of amides is 1. The number of benzene rings is 1. The van der Waals surface area contributed by atoms with Gasteiger partial charge in [0.25, 0.3) is 5.56 Å². The third-order valence-corrected chi connectivity index (χ3v) is 6.37. The second-order valence-corrected chi connectivity index (χ2v) is 8.37. The number of ether oxygens (including phenoxy) is 1. The molecule has 4 rings (SSSR count). The Bertz CT molecular complexity index is 1070. The monoisotopic (exact) mass is 414 g/mol. The van der Waals surface area contributed by atoms with E-state index in [-0.39, 0.29) is 23.3 Å². The number of carbonyl (C=O) groups is 1. The maximum absolute atomic E-state index is 13.1. The van der Waals surface area contributed by atoms with Gasteiger partial charge in [-0.2, -0.15) is 0 Å². The number of aromatic amines is 1. The lowest BCUT2D eigenvalue weighted by Gasteiger charge is -2.22. The first-order valence-corrected chi connectivity index (χ1v) is 11.1. The average molecular weight is 415 g/mol. The maximum atomic E-state index is 13.1. The second-order valence-electron chi connectivity index (χ2n) is 7.43. The van der Waals surface area contributed by atoms with Crippen molar-refractivity contribution < 1.29 is 9.53 Å². The molecule has 1 aliphatic rings. The van der Waals surface area contributed by atoms with Crippen LogP contribution in [0.4, 0.5) is 0 Å². The smallest absolute Gasteiger partial charge is 0.278 e. The van der Waals surface area contributed by atoms with Gasteiger partial charge in [0, 0.05) is 24.1 Å². The van der Waals surface area contributed by atoms with Crippen LogP contribution < -0.4 is 10.9 Å². The number of nitrogens with zero attached hydrogens (tertiary/aromatic N) is 2. The van der Waals surface area contributed by atoms with Crippen molar-refractivity contribution in [3.8, 4) is 0 Å². The second kappa shape index (κ2) is 9.00. The molecule has 0 atom stereocenters. The van der Waals surface area contributed by atoms with Gasteiger partial charge in [-0.3, -0.25) is 14.2 Å². The normalized spacial score (nSPS) is 15.2. The molecular formula is C21H26N4O3S. The van der Waals surface area contributed by atoms with E-state index in [0.717, 1.165) is 23.7 Å². The molecule has 0 spiro atoms. The molecule has 1 amide bonds. The van der Waals surface area contributed by atoms with Crippen LogP contribution in [0.1, 0.15) is 32.1 Å². The molecule has 2 aromatic heterocycles. The van der Waals surface area contributed by atoms with Gasteiger partial charge in [-0.25, -0.2) is 4.98 Å². The zero-order valence-corrected chi connectivity index (χ0v) is 17.4. The first kappa shape index (κ1) is 20.0. The summed E-state index contributed by atoms with van der Waals surface area (Å²) in [5.74, 6) is 0.234. The lowest BCUT2D eigenvalue weighted by atomic mass is 9.95. The Labute approximate surface area is 173 Å². The Morgan fingerprint density at radius 2 is 2.10 bits per heavy atom. The van der Waals surface area contributed by atoms with E-state index in [0.29, 0.717) is 29.3 Å². The van der Waals surface area contributed by atoms with Gasteiger partial charge in [0.15, 0.2) is 5.16 Å². The molecule has 29 heavy (non-hydrogen) atoms. The van der Waals surface area contributed by atoms with Crippen molar-refractivity contribution in [2.75, 3.05) is 19.5 Å². The van der Waals surface area contributed by atoms with Crippen molar-refractivity contribution in [3.63, 3.8) is 0 Å². The molecule has 2 heterocycles. The summed E-state index contributed by atoms with van der Waals surface area (Å²) >= 11 is 1.31. The SMILES string of the molecule is COCCn1c(SCC(=O)NC2CCCCC2)nc2c([nH]c3ccccc32)c1=O. The summed E-state index contributed by atoms with van der Waals surface area (Å²) in [7, 11) is 1.60. The van der Waals surface area contributed by atoms with Crippen LogP contribution in [0.2, 0.25) is 0 Å². The number of aromatic nitrogens is 3. The minimum Gasteiger partial charge on any atom is -0.383 e. The lowest BCUT2D eigenvalue weighted by molar-refractivity contribution is -0.119. The zero-order valence-electron chi connectivity index (χ0n) is 16.6. The Morgan fingerprint density at radius 1 is 1.31 bits per heavy atom. The van der Waals surface area contributed by atoms with Gasteiger partial charge in [0.2, 0.25) is 5.91 Å². The van der Waals surface area contributed by atoms with Gasteiger partial charge < -0.3 is 15.0 Å². The topological polar surface area (TPSA) is 89.0 Å². The quantitative estimate of drug-likeness (QED) is 0.458. The number of carbonyl (C=O) groups excluding carboxylic acids is 1. The molecule has 0 bridgehead atoms. The molecule has 1 fully saturated rings. The molecule has 0 aliphatic heterocycles. The minimum absolute atomic E-state index is 0.00605. The first-order valence-electron chi connectivity index (χ1n) is 10.1. The van der Waals surface area contributed by atoms with Crippen LogP contribution in [0.5, 0.6) is 0 Å². The molecule has 1 saturated carbocycles. The van der Waals surface area contributed by atoms with Crippen LogP contribution in [0, 0.1) is 0 Å². The summed E-state index contributed by atoms with van der Waals surface area (Å²) in [6, 6.07) is 8.01. The molecule has 2 N–H and O–H groups in total. The van der Waals surface area contributed by atoms with Gasteiger partial charge in [-0.15, -0.1) is 0 Å². The van der Waals surface area contributed by atoms with Gasteiger partial charge in [0.05, 0.1) is 18.9 Å². The van der Waals surface area contributed by atoms with Crippen molar-refractivity contribution >= 4 is 39.6 Å². The molecule has 154 valence electrons. The third kappa shape index (κ3) is 4.33. The van der Waals surface area contributed by atoms with Gasteiger partial charge in [0.1, 0.15) is 11.0 Å². The molecule has 1 aliphatic carbocycles. The van der Waals surface area contributed by atoms with Gasteiger partial charge in [-0.1, -0.05) is 49.2 Å². The fourth-order valence-electron chi connectivity index (χ4n) is 3.91. The van der Waals surface area contributed by atoms with Crippen LogP contribution in [-0.4, -0.2) is 46.0 Å². The van der Waals surface area contributed by atoms with E-state index < -0.39 is 0 Å². The van der Waals surface area contributed by atoms with E-state index in [2.05, 4.69) is 10.3 Å². The number of hydrogen-bond donors (Lipinski definition) is 2. The fraction of sp³-hybridized carbons (Fsp3) is 0.476. The Kier molecular flexibility index (Phi) is 6.20. The predicted molar refractivity (Wildman–Crippen MR) is 115 cm³/mol. The number of para-hydroxylation sites is 1. The molecule has 8 heteroatoms. The van der Waals surface area contributed by atoms with Crippen molar-refractivity contribution in [2.24, 2.45) is 0 Å². The summed E-state index contributed by atoms with van der Waals surface area (Å²) in [5, 5.41) is 4.58. The van der Waals surface area contributed by atoms with Crippen LogP contribution >= 0.6 is 11.8 Å². The highest BCUT2D eigenvalue weighted by molar-refractivity contribution is 7.99. The summed E-state index contributed by atoms with van der Waals surface area (Å²) in [4.78, 5) is 33.5. The van der Waals surface area contributed by atoms with Crippen molar-refractivity contribution in [3.05, 3.63) is 34.6 Å². The molecular weight excluding hydrogens is 388 g/mol. The summed E-state index contributed by atoms with van der Waals surface area (Å²) in [6.07, 6.45) is 5.70. The third-order valence-electron chi connectivity index (χ3n) is 5.40. The summed E-state index contributed by atoms with van der Waals surface area (Å²) in [5.41, 5.74) is 1.87. The summed E-state index contributed by atoms with van der Waals surface area (Å²) in [6.45, 7) is 0.787. The van der Waals surface area contributed by atoms with Crippen molar-refractivity contribution in [1.29, 1.82) is 0 Å². The molecule has 1 aromatic carbocycles. The average Bonchev–Trinajstić information content (AvgIpc) is 3.11. The maximum Gasteiger partial charge on any atom is 0.278 e. The summed E-state index contributed by atoms with van der Waals surface area (Å²) < 4.78 is 6.76. The first-order chi connectivity index (χ1) is 14.2. The number of H-pyrrole nitrogens is 1. The number of thioether (sulfide) groups is 1. The minimum atomic E-state index is -0.140. The molecule has 3 aromatic rings. The number of fused-ring (bicyclic) bond motifs is 3. The highest BCUT2D eigenvalue weighted by atomic mass is 32.2. The molecule has 0 unspecified atom stereocenters. The van der Waals surface area contributed by atoms with Crippen LogP contribution in [0.15, 0.2) is 34.2 Å². The Morgan fingerprint density at radius 3 is 2.90 bits per heavy atom. The highest BCUT2D eigenvalue weighted by Crippen LogP contribution is 2.25. The van der Waals surface area contributed by atoms with Crippen LogP contribution in [0.25, 0.3) is 21.9 Å². The molecule has 7 nitrogen and oxygen atoms in total. The van der Waals surface area contributed by atoms with E-state index in [9.17, 15) is 9.59 Å². The van der Waals surface area contributed by atoms with E-state index in [4.69, 9.17) is 9.72 Å². The van der Waals surface area contributed by atoms with Crippen LogP contribution in [0.3, 0.4) is 0 Å². The Hall–Kier alpha value is -2.32. The molecule has 0 saturated heterocycles. The molecule has 0 radical (unpaired) electrons. The van der Waals surface area contributed by atoms with Crippen LogP contribution in [-0.2, 0) is 16.1 Å². The van der Waals surface area contributed by atoms with E-state index >= 15 is 0 Å². The van der Waals surface area contributed by atoms with Gasteiger partial charge >= 0.3 is 0 Å². The predicted octanol–water partition coefficient (Wildman–Crippen LogP) is 3.07. The number of methoxy groups -OCH3 is 1. The van der Waals surface area contributed by atoms with Gasteiger partial charge in [-0.05, 0) is 18.9 Å². The van der Waals surface area contributed by atoms with E-state index in [1.165, 1.54) is 31.0 Å².